The van der Waals surface area contributed by atoms with Gasteiger partial charge < -0.3 is 10.4 Å². The largest absolute Gasteiger partial charge is 0.417 e. The van der Waals surface area contributed by atoms with Gasteiger partial charge in [-0.25, -0.2) is 0 Å². The molecule has 72 valence electrons. The molecule has 1 fully saturated rings. The second kappa shape index (κ2) is 3.22. The third kappa shape index (κ3) is 1.90. The molecular weight excluding hydrogens is 171 g/mol. The fourth-order valence-corrected chi connectivity index (χ4v) is 1.33. The van der Waals surface area contributed by atoms with E-state index < -0.39 is 11.8 Å². The van der Waals surface area contributed by atoms with Crippen LogP contribution < -0.4 is 5.32 Å². The van der Waals surface area contributed by atoms with E-state index in [1.165, 1.54) is 0 Å². The van der Waals surface area contributed by atoms with Gasteiger partial charge in [-0.2, -0.15) is 13.2 Å². The summed E-state index contributed by atoms with van der Waals surface area (Å²) in [6, 6.07) is 0. The van der Waals surface area contributed by atoms with Crippen molar-refractivity contribution in [3.63, 3.8) is 0 Å². The standard InChI is InChI=1S/C7H12F3NO/c8-7(9,10)6(12)2-1-4-11-5-3-6/h11-12H,1-5H2/t6-/m1/s1. The van der Waals surface area contributed by atoms with Crippen LogP contribution in [0.3, 0.4) is 0 Å². The second-order valence-corrected chi connectivity index (χ2v) is 3.13. The molecule has 1 heterocycles. The molecule has 0 radical (unpaired) electrons. The Hall–Kier alpha value is -0.290. The highest BCUT2D eigenvalue weighted by molar-refractivity contribution is 4.88. The van der Waals surface area contributed by atoms with Gasteiger partial charge in [-0.3, -0.25) is 0 Å². The maximum absolute atomic E-state index is 12.2. The van der Waals surface area contributed by atoms with Gasteiger partial charge in [0.2, 0.25) is 0 Å². The maximum atomic E-state index is 12.2. The molecule has 0 aliphatic carbocycles. The van der Waals surface area contributed by atoms with E-state index in [0.717, 1.165) is 0 Å². The number of halogens is 3. The second-order valence-electron chi connectivity index (χ2n) is 3.13. The number of hydrogen-bond acceptors (Lipinski definition) is 2. The molecule has 5 heteroatoms. The molecule has 0 saturated carbocycles. The lowest BCUT2D eigenvalue weighted by Gasteiger charge is -2.28. The summed E-state index contributed by atoms with van der Waals surface area (Å²) in [6.07, 6.45) is -4.55. The van der Waals surface area contributed by atoms with E-state index in [2.05, 4.69) is 5.32 Å². The summed E-state index contributed by atoms with van der Waals surface area (Å²) in [5, 5.41) is 12.0. The highest BCUT2D eigenvalue weighted by atomic mass is 19.4. The van der Waals surface area contributed by atoms with Gasteiger partial charge in [-0.1, -0.05) is 0 Å². The zero-order valence-electron chi connectivity index (χ0n) is 6.62. The highest BCUT2D eigenvalue weighted by Crippen LogP contribution is 2.37. The lowest BCUT2D eigenvalue weighted by molar-refractivity contribution is -0.263. The zero-order chi connectivity index (χ0) is 9.24. The smallest absolute Gasteiger partial charge is 0.380 e. The van der Waals surface area contributed by atoms with E-state index in [1.807, 2.05) is 0 Å². The summed E-state index contributed by atoms with van der Waals surface area (Å²) in [5.41, 5.74) is -2.46. The zero-order valence-corrected chi connectivity index (χ0v) is 6.62. The van der Waals surface area contributed by atoms with Gasteiger partial charge in [0.1, 0.15) is 0 Å². The van der Waals surface area contributed by atoms with E-state index in [0.29, 0.717) is 13.0 Å². The Morgan fingerprint density at radius 1 is 1.17 bits per heavy atom. The number of hydrogen-bond donors (Lipinski definition) is 2. The Labute approximate surface area is 68.8 Å². The number of alkyl halides is 3. The van der Waals surface area contributed by atoms with Crippen LogP contribution >= 0.6 is 0 Å². The lowest BCUT2D eigenvalue weighted by Crippen LogP contribution is -2.45. The van der Waals surface area contributed by atoms with Crippen LogP contribution in [0.25, 0.3) is 0 Å². The summed E-state index contributed by atoms with van der Waals surface area (Å²) in [6.45, 7) is 0.786. The van der Waals surface area contributed by atoms with E-state index >= 15 is 0 Å². The molecule has 0 aromatic carbocycles. The van der Waals surface area contributed by atoms with Gasteiger partial charge in [-0.05, 0) is 32.4 Å². The summed E-state index contributed by atoms with van der Waals surface area (Å²) >= 11 is 0. The number of aliphatic hydroxyl groups is 1. The Balaban J connectivity index is 2.67. The van der Waals surface area contributed by atoms with Crippen LogP contribution in [-0.4, -0.2) is 30.0 Å². The molecule has 0 aromatic heterocycles. The van der Waals surface area contributed by atoms with Gasteiger partial charge in [0, 0.05) is 0 Å². The van der Waals surface area contributed by atoms with Crippen molar-refractivity contribution in [1.29, 1.82) is 0 Å². The molecule has 2 N–H and O–H groups in total. The first-order chi connectivity index (χ1) is 5.46. The Bertz CT molecular complexity index is 149. The minimum absolute atomic E-state index is 0.191. The summed E-state index contributed by atoms with van der Waals surface area (Å²) < 4.78 is 36.7. The molecule has 1 rings (SSSR count). The maximum Gasteiger partial charge on any atom is 0.417 e. The number of rotatable bonds is 0. The summed E-state index contributed by atoms with van der Waals surface area (Å²) in [4.78, 5) is 0. The predicted molar refractivity (Wildman–Crippen MR) is 37.7 cm³/mol. The minimum Gasteiger partial charge on any atom is -0.380 e. The van der Waals surface area contributed by atoms with Crippen molar-refractivity contribution in [1.82, 2.24) is 5.32 Å². The Morgan fingerprint density at radius 2 is 1.83 bits per heavy atom. The van der Waals surface area contributed by atoms with Crippen LogP contribution in [0.5, 0.6) is 0 Å². The van der Waals surface area contributed by atoms with Gasteiger partial charge in [0.05, 0.1) is 0 Å². The van der Waals surface area contributed by atoms with Crippen LogP contribution in [0.1, 0.15) is 19.3 Å². The monoisotopic (exact) mass is 183 g/mol. The molecule has 12 heavy (non-hydrogen) atoms. The fraction of sp³-hybridized carbons (Fsp3) is 1.00. The quantitative estimate of drug-likeness (QED) is 0.588. The van der Waals surface area contributed by atoms with Crippen LogP contribution in [-0.2, 0) is 0 Å². The van der Waals surface area contributed by atoms with Crippen LogP contribution in [0.15, 0.2) is 0 Å². The molecule has 0 unspecified atom stereocenters. The van der Waals surface area contributed by atoms with Crippen molar-refractivity contribution in [2.75, 3.05) is 13.1 Å². The van der Waals surface area contributed by atoms with Crippen molar-refractivity contribution < 1.29 is 18.3 Å². The normalized spacial score (nSPS) is 33.0. The molecule has 1 aliphatic heterocycles. The SMILES string of the molecule is O[C@]1(C(F)(F)F)CCCNCC1. The van der Waals surface area contributed by atoms with Crippen LogP contribution in [0.2, 0.25) is 0 Å². The first kappa shape index (κ1) is 9.80. The van der Waals surface area contributed by atoms with Gasteiger partial charge >= 0.3 is 6.18 Å². The molecule has 1 aliphatic rings. The molecule has 2 nitrogen and oxygen atoms in total. The first-order valence-electron chi connectivity index (χ1n) is 3.95. The van der Waals surface area contributed by atoms with Crippen LogP contribution in [0, 0.1) is 0 Å². The molecule has 0 bridgehead atoms. The van der Waals surface area contributed by atoms with E-state index in [1.54, 1.807) is 0 Å². The topological polar surface area (TPSA) is 32.3 Å². The molecule has 1 saturated heterocycles. The third-order valence-corrected chi connectivity index (χ3v) is 2.19. The molecule has 0 amide bonds. The summed E-state index contributed by atoms with van der Waals surface area (Å²) in [5.74, 6) is 0. The molecule has 0 spiro atoms. The highest BCUT2D eigenvalue weighted by Gasteiger charge is 2.52. The van der Waals surface area contributed by atoms with Crippen molar-refractivity contribution in [2.45, 2.75) is 31.0 Å². The predicted octanol–water partition coefficient (Wildman–Crippen LogP) is 1.05. The average Bonchev–Trinajstić information content (AvgIpc) is 2.12. The van der Waals surface area contributed by atoms with Crippen molar-refractivity contribution in [2.24, 2.45) is 0 Å². The summed E-state index contributed by atoms with van der Waals surface area (Å²) in [7, 11) is 0. The molecule has 0 aromatic rings. The Kier molecular flexibility index (Phi) is 2.63. The fourth-order valence-electron chi connectivity index (χ4n) is 1.33. The Morgan fingerprint density at radius 3 is 2.42 bits per heavy atom. The van der Waals surface area contributed by atoms with E-state index in [-0.39, 0.29) is 19.4 Å². The lowest BCUT2D eigenvalue weighted by atomic mass is 9.94. The first-order valence-corrected chi connectivity index (χ1v) is 3.95. The van der Waals surface area contributed by atoms with Gasteiger partial charge in [0.25, 0.3) is 0 Å². The third-order valence-electron chi connectivity index (χ3n) is 2.19. The molecule has 1 atom stereocenters. The van der Waals surface area contributed by atoms with Crippen molar-refractivity contribution in [3.05, 3.63) is 0 Å². The van der Waals surface area contributed by atoms with E-state index in [4.69, 9.17) is 0 Å². The number of nitrogens with one attached hydrogen (secondary N) is 1. The van der Waals surface area contributed by atoms with Gasteiger partial charge in [0.15, 0.2) is 5.60 Å². The van der Waals surface area contributed by atoms with Gasteiger partial charge in [-0.15, -0.1) is 0 Å². The average molecular weight is 183 g/mol. The van der Waals surface area contributed by atoms with Crippen molar-refractivity contribution in [3.8, 4) is 0 Å². The molecular formula is C7H12F3NO. The minimum atomic E-state index is -4.49. The van der Waals surface area contributed by atoms with Crippen LogP contribution in [0.4, 0.5) is 13.2 Å². The van der Waals surface area contributed by atoms with E-state index in [9.17, 15) is 18.3 Å². The van der Waals surface area contributed by atoms with Crippen molar-refractivity contribution >= 4 is 0 Å².